The summed E-state index contributed by atoms with van der Waals surface area (Å²) in [6.07, 6.45) is 0.149. The SMILES string of the molecule is CCC(C)(NC(=O)c1cc(S(N)(=O)=O)c(C)o1)C(=O)O. The summed E-state index contributed by atoms with van der Waals surface area (Å²) in [4.78, 5) is 22.7. The lowest BCUT2D eigenvalue weighted by Gasteiger charge is -2.23. The third-order valence-corrected chi connectivity index (χ3v) is 3.99. The highest BCUT2D eigenvalue weighted by atomic mass is 32.2. The third-order valence-electron chi connectivity index (χ3n) is 2.97. The van der Waals surface area contributed by atoms with Gasteiger partial charge in [-0.05, 0) is 20.3 Å². The van der Waals surface area contributed by atoms with Crippen molar-refractivity contribution in [2.45, 2.75) is 37.6 Å². The highest BCUT2D eigenvalue weighted by molar-refractivity contribution is 7.89. The van der Waals surface area contributed by atoms with Gasteiger partial charge in [-0.2, -0.15) is 0 Å². The van der Waals surface area contributed by atoms with Crippen LogP contribution in [0.2, 0.25) is 0 Å². The minimum absolute atomic E-state index is 0.0359. The Kier molecular flexibility index (Phi) is 4.25. The number of sulfonamides is 1. The number of amides is 1. The first-order valence-electron chi connectivity index (χ1n) is 5.70. The van der Waals surface area contributed by atoms with Gasteiger partial charge in [0.25, 0.3) is 5.91 Å². The molecule has 1 atom stereocenters. The lowest BCUT2D eigenvalue weighted by atomic mass is 9.99. The van der Waals surface area contributed by atoms with Crippen LogP contribution in [0.5, 0.6) is 0 Å². The fraction of sp³-hybridized carbons (Fsp3) is 0.455. The van der Waals surface area contributed by atoms with E-state index < -0.39 is 27.4 Å². The zero-order valence-electron chi connectivity index (χ0n) is 11.3. The van der Waals surface area contributed by atoms with Gasteiger partial charge in [0.05, 0.1) is 0 Å². The van der Waals surface area contributed by atoms with E-state index in [-0.39, 0.29) is 22.8 Å². The average molecular weight is 304 g/mol. The largest absolute Gasteiger partial charge is 0.480 e. The average Bonchev–Trinajstić information content (AvgIpc) is 2.70. The number of carboxylic acids is 1. The zero-order valence-corrected chi connectivity index (χ0v) is 12.1. The third kappa shape index (κ3) is 3.17. The minimum Gasteiger partial charge on any atom is -0.480 e. The van der Waals surface area contributed by atoms with Gasteiger partial charge in [0.2, 0.25) is 10.0 Å². The molecular formula is C11H16N2O6S. The zero-order chi connectivity index (χ0) is 15.7. The molecule has 1 aromatic heterocycles. The number of carboxylic acid groups (broad SMARTS) is 1. The first-order valence-corrected chi connectivity index (χ1v) is 7.25. The van der Waals surface area contributed by atoms with Crippen molar-refractivity contribution in [1.29, 1.82) is 0 Å². The van der Waals surface area contributed by atoms with Crippen LogP contribution in [0.25, 0.3) is 0 Å². The number of rotatable bonds is 5. The molecule has 0 fully saturated rings. The molecule has 0 aliphatic heterocycles. The summed E-state index contributed by atoms with van der Waals surface area (Å²) in [7, 11) is -4.00. The summed E-state index contributed by atoms with van der Waals surface area (Å²) in [5, 5.41) is 16.3. The standard InChI is InChI=1S/C11H16N2O6S/c1-4-11(3,10(15)16)13-9(14)7-5-8(6(2)19-7)20(12,17)18/h5H,4H2,1-3H3,(H,13,14)(H,15,16)(H2,12,17,18). The number of primary sulfonamides is 1. The van der Waals surface area contributed by atoms with Crippen LogP contribution in [0.15, 0.2) is 15.4 Å². The van der Waals surface area contributed by atoms with Gasteiger partial charge in [-0.3, -0.25) is 4.79 Å². The second-order valence-corrected chi connectivity index (χ2v) is 6.05. The van der Waals surface area contributed by atoms with E-state index in [1.54, 1.807) is 6.92 Å². The maximum atomic E-state index is 11.9. The van der Waals surface area contributed by atoms with E-state index in [9.17, 15) is 18.0 Å². The highest BCUT2D eigenvalue weighted by Crippen LogP contribution is 2.19. The van der Waals surface area contributed by atoms with Gasteiger partial charge in [-0.25, -0.2) is 18.4 Å². The molecule has 0 aliphatic rings. The van der Waals surface area contributed by atoms with Crippen LogP contribution in [-0.4, -0.2) is 30.9 Å². The number of hydrogen-bond donors (Lipinski definition) is 3. The minimum atomic E-state index is -4.00. The van der Waals surface area contributed by atoms with Gasteiger partial charge in [-0.15, -0.1) is 0 Å². The maximum Gasteiger partial charge on any atom is 0.329 e. The highest BCUT2D eigenvalue weighted by Gasteiger charge is 2.34. The number of nitrogens with one attached hydrogen (secondary N) is 1. The molecule has 0 radical (unpaired) electrons. The number of carbonyl (C=O) groups excluding carboxylic acids is 1. The number of aryl methyl sites for hydroxylation is 1. The Labute approximate surface area is 116 Å². The van der Waals surface area contributed by atoms with Gasteiger partial charge >= 0.3 is 5.97 Å². The number of nitrogens with two attached hydrogens (primary N) is 1. The van der Waals surface area contributed by atoms with E-state index in [0.29, 0.717) is 0 Å². The van der Waals surface area contributed by atoms with Crippen LogP contribution in [0.1, 0.15) is 36.6 Å². The van der Waals surface area contributed by atoms with Crippen molar-refractivity contribution in [1.82, 2.24) is 5.32 Å². The summed E-state index contributed by atoms with van der Waals surface area (Å²) in [5.41, 5.74) is -1.47. The van der Waals surface area contributed by atoms with Crippen molar-refractivity contribution in [3.8, 4) is 0 Å². The normalized spacial score (nSPS) is 14.6. The van der Waals surface area contributed by atoms with Crippen molar-refractivity contribution in [3.05, 3.63) is 17.6 Å². The summed E-state index contributed by atoms with van der Waals surface area (Å²) < 4.78 is 27.5. The molecule has 1 aromatic rings. The Morgan fingerprint density at radius 3 is 2.40 bits per heavy atom. The van der Waals surface area contributed by atoms with Gasteiger partial charge in [-0.1, -0.05) is 6.92 Å². The fourth-order valence-electron chi connectivity index (χ4n) is 1.47. The Hall–Kier alpha value is -1.87. The van der Waals surface area contributed by atoms with Crippen LogP contribution < -0.4 is 10.5 Å². The molecule has 0 spiro atoms. The molecule has 0 aliphatic carbocycles. The van der Waals surface area contributed by atoms with Gasteiger partial charge in [0.1, 0.15) is 16.2 Å². The molecule has 0 saturated carbocycles. The van der Waals surface area contributed by atoms with Crippen molar-refractivity contribution < 1.29 is 27.5 Å². The van der Waals surface area contributed by atoms with E-state index in [1.807, 2.05) is 0 Å². The molecule has 1 heterocycles. The lowest BCUT2D eigenvalue weighted by Crippen LogP contribution is -2.51. The number of hydrogen-bond acceptors (Lipinski definition) is 5. The van der Waals surface area contributed by atoms with Gasteiger partial charge < -0.3 is 14.8 Å². The van der Waals surface area contributed by atoms with E-state index in [2.05, 4.69) is 5.32 Å². The van der Waals surface area contributed by atoms with Crippen molar-refractivity contribution in [2.24, 2.45) is 5.14 Å². The Balaban J connectivity index is 3.09. The first-order chi connectivity index (χ1) is 9.01. The first kappa shape index (κ1) is 16.2. The quantitative estimate of drug-likeness (QED) is 0.710. The topological polar surface area (TPSA) is 140 Å². The molecule has 1 amide bonds. The number of aliphatic carboxylic acids is 1. The molecule has 8 nitrogen and oxygen atoms in total. The number of furan rings is 1. The molecule has 1 rings (SSSR count). The Morgan fingerprint density at radius 2 is 2.05 bits per heavy atom. The Morgan fingerprint density at radius 1 is 1.50 bits per heavy atom. The van der Waals surface area contributed by atoms with Crippen molar-refractivity contribution in [2.75, 3.05) is 0 Å². The van der Waals surface area contributed by atoms with Gasteiger partial charge in [0, 0.05) is 6.07 Å². The molecule has 4 N–H and O–H groups in total. The molecule has 0 aromatic carbocycles. The van der Waals surface area contributed by atoms with Crippen LogP contribution in [0, 0.1) is 6.92 Å². The fourth-order valence-corrected chi connectivity index (χ4v) is 2.18. The van der Waals surface area contributed by atoms with E-state index in [0.717, 1.165) is 6.07 Å². The summed E-state index contributed by atoms with van der Waals surface area (Å²) >= 11 is 0. The van der Waals surface area contributed by atoms with E-state index in [4.69, 9.17) is 14.7 Å². The lowest BCUT2D eigenvalue weighted by molar-refractivity contribution is -0.143. The number of carbonyl (C=O) groups is 2. The van der Waals surface area contributed by atoms with Crippen LogP contribution >= 0.6 is 0 Å². The summed E-state index contributed by atoms with van der Waals surface area (Å²) in [5.74, 6) is -2.38. The Bertz CT molecular complexity index is 648. The second kappa shape index (κ2) is 5.25. The van der Waals surface area contributed by atoms with Crippen molar-refractivity contribution in [3.63, 3.8) is 0 Å². The molecule has 0 saturated heterocycles. The molecule has 20 heavy (non-hydrogen) atoms. The molecule has 1 unspecified atom stereocenters. The van der Waals surface area contributed by atoms with Crippen LogP contribution in [-0.2, 0) is 14.8 Å². The van der Waals surface area contributed by atoms with Gasteiger partial charge in [0.15, 0.2) is 5.76 Å². The van der Waals surface area contributed by atoms with Crippen LogP contribution in [0.4, 0.5) is 0 Å². The van der Waals surface area contributed by atoms with Crippen LogP contribution in [0.3, 0.4) is 0 Å². The monoisotopic (exact) mass is 304 g/mol. The van der Waals surface area contributed by atoms with E-state index in [1.165, 1.54) is 13.8 Å². The summed E-state index contributed by atoms with van der Waals surface area (Å²) in [6, 6.07) is 0.970. The molecule has 9 heteroatoms. The molecule has 112 valence electrons. The smallest absolute Gasteiger partial charge is 0.329 e. The molecule has 0 bridgehead atoms. The second-order valence-electron chi connectivity index (χ2n) is 4.52. The summed E-state index contributed by atoms with van der Waals surface area (Å²) in [6.45, 7) is 4.27. The van der Waals surface area contributed by atoms with Crippen molar-refractivity contribution >= 4 is 21.9 Å². The molecular weight excluding hydrogens is 288 g/mol. The van der Waals surface area contributed by atoms with E-state index >= 15 is 0 Å². The predicted molar refractivity (Wildman–Crippen MR) is 68.6 cm³/mol. The maximum absolute atomic E-state index is 11.9. The predicted octanol–water partition coefficient (Wildman–Crippen LogP) is 0.219.